The Bertz CT molecular complexity index is 207. The molecule has 1 aromatic rings. The normalized spacial score (nSPS) is 13.1. The van der Waals surface area contributed by atoms with E-state index in [0.717, 1.165) is 0 Å². The molecular weight excluding hydrogens is 150 g/mol. The molecule has 0 saturated carbocycles. The lowest BCUT2D eigenvalue weighted by Gasteiger charge is -2.00. The number of pyridine rings is 1. The van der Waals surface area contributed by atoms with E-state index in [0.29, 0.717) is 10.7 Å². The van der Waals surface area contributed by atoms with Crippen molar-refractivity contribution in [2.45, 2.75) is 13.0 Å². The molecule has 54 valence electrons. The van der Waals surface area contributed by atoms with Gasteiger partial charge in [0.15, 0.2) is 0 Å². The maximum absolute atomic E-state index is 9.01. The third-order valence-corrected chi connectivity index (χ3v) is 1.40. The molecule has 0 aliphatic carbocycles. The monoisotopic (exact) mass is 157 g/mol. The number of aromatic nitrogens is 1. The van der Waals surface area contributed by atoms with Crippen LogP contribution in [0.3, 0.4) is 0 Å². The van der Waals surface area contributed by atoms with Crippen LogP contribution in [0.15, 0.2) is 18.3 Å². The van der Waals surface area contributed by atoms with Crippen LogP contribution in [0.4, 0.5) is 0 Å². The Hall–Kier alpha value is -0.600. The van der Waals surface area contributed by atoms with Gasteiger partial charge in [0.25, 0.3) is 0 Å². The molecule has 1 heterocycles. The van der Waals surface area contributed by atoms with Crippen molar-refractivity contribution in [3.63, 3.8) is 0 Å². The Labute approximate surface area is 64.5 Å². The van der Waals surface area contributed by atoms with Gasteiger partial charge in [-0.1, -0.05) is 11.6 Å². The first kappa shape index (κ1) is 7.51. The highest BCUT2D eigenvalue weighted by molar-refractivity contribution is 6.30. The predicted molar refractivity (Wildman–Crippen MR) is 39.9 cm³/mol. The number of rotatable bonds is 1. The second kappa shape index (κ2) is 2.99. The SMILES string of the molecule is C[C@@H](O)c1ccc(Cl)cn1. The summed E-state index contributed by atoms with van der Waals surface area (Å²) in [6, 6.07) is 3.41. The second-order valence-electron chi connectivity index (χ2n) is 2.08. The molecule has 0 aliphatic rings. The average Bonchev–Trinajstić information content (AvgIpc) is 1.88. The molecule has 1 aromatic heterocycles. The van der Waals surface area contributed by atoms with Gasteiger partial charge >= 0.3 is 0 Å². The molecule has 0 radical (unpaired) electrons. The lowest BCUT2D eigenvalue weighted by atomic mass is 10.2. The summed E-state index contributed by atoms with van der Waals surface area (Å²) in [5.41, 5.74) is 0.643. The fourth-order valence-corrected chi connectivity index (χ4v) is 0.746. The first-order valence-corrected chi connectivity index (χ1v) is 3.37. The van der Waals surface area contributed by atoms with Crippen molar-refractivity contribution in [3.8, 4) is 0 Å². The van der Waals surface area contributed by atoms with Crippen molar-refractivity contribution >= 4 is 11.6 Å². The standard InChI is InChI=1S/C7H8ClNO/c1-5(10)7-3-2-6(8)4-9-7/h2-5,10H,1H3/t5-/m1/s1. The summed E-state index contributed by atoms with van der Waals surface area (Å²) >= 11 is 5.57. The molecule has 1 rings (SSSR count). The van der Waals surface area contributed by atoms with Gasteiger partial charge in [-0.25, -0.2) is 0 Å². The Balaban J connectivity index is 2.89. The van der Waals surface area contributed by atoms with Gasteiger partial charge < -0.3 is 5.11 Å². The summed E-state index contributed by atoms with van der Waals surface area (Å²) in [5, 5.41) is 9.60. The van der Waals surface area contributed by atoms with Gasteiger partial charge in [-0.15, -0.1) is 0 Å². The van der Waals surface area contributed by atoms with Gasteiger partial charge in [-0.3, -0.25) is 4.98 Å². The number of halogens is 1. The number of hydrogen-bond acceptors (Lipinski definition) is 2. The molecule has 2 nitrogen and oxygen atoms in total. The highest BCUT2D eigenvalue weighted by atomic mass is 35.5. The minimum atomic E-state index is -0.516. The van der Waals surface area contributed by atoms with Crippen LogP contribution in [-0.4, -0.2) is 10.1 Å². The Morgan fingerprint density at radius 3 is 2.70 bits per heavy atom. The summed E-state index contributed by atoms with van der Waals surface area (Å²) in [5.74, 6) is 0. The van der Waals surface area contributed by atoms with Crippen molar-refractivity contribution in [3.05, 3.63) is 29.0 Å². The Morgan fingerprint density at radius 1 is 1.60 bits per heavy atom. The molecule has 0 aliphatic heterocycles. The average molecular weight is 158 g/mol. The number of hydrogen-bond donors (Lipinski definition) is 1. The fourth-order valence-electron chi connectivity index (χ4n) is 0.634. The van der Waals surface area contributed by atoms with Gasteiger partial charge in [0, 0.05) is 6.20 Å². The van der Waals surface area contributed by atoms with E-state index in [4.69, 9.17) is 16.7 Å². The molecule has 1 N–H and O–H groups in total. The van der Waals surface area contributed by atoms with E-state index in [1.165, 1.54) is 6.20 Å². The van der Waals surface area contributed by atoms with Crippen LogP contribution in [0.1, 0.15) is 18.7 Å². The molecule has 0 amide bonds. The van der Waals surface area contributed by atoms with E-state index in [9.17, 15) is 0 Å². The zero-order chi connectivity index (χ0) is 7.56. The molecule has 0 saturated heterocycles. The topological polar surface area (TPSA) is 33.1 Å². The quantitative estimate of drug-likeness (QED) is 0.674. The molecule has 3 heteroatoms. The zero-order valence-electron chi connectivity index (χ0n) is 5.58. The molecule has 0 unspecified atom stereocenters. The Kier molecular flexibility index (Phi) is 2.25. The summed E-state index contributed by atoms with van der Waals surface area (Å²) in [6.45, 7) is 1.66. The minimum absolute atomic E-state index is 0.516. The van der Waals surface area contributed by atoms with Crippen molar-refractivity contribution in [1.82, 2.24) is 4.98 Å². The number of nitrogens with zero attached hydrogens (tertiary/aromatic N) is 1. The highest BCUT2D eigenvalue weighted by Crippen LogP contribution is 2.11. The molecule has 1 atom stereocenters. The number of aliphatic hydroxyl groups excluding tert-OH is 1. The van der Waals surface area contributed by atoms with E-state index in [1.807, 2.05) is 0 Å². The molecule has 0 aromatic carbocycles. The molecular formula is C7H8ClNO. The van der Waals surface area contributed by atoms with Gasteiger partial charge in [0.1, 0.15) is 0 Å². The minimum Gasteiger partial charge on any atom is -0.387 e. The fraction of sp³-hybridized carbons (Fsp3) is 0.286. The van der Waals surface area contributed by atoms with E-state index >= 15 is 0 Å². The van der Waals surface area contributed by atoms with Crippen LogP contribution in [0.25, 0.3) is 0 Å². The van der Waals surface area contributed by atoms with Crippen molar-refractivity contribution < 1.29 is 5.11 Å². The van der Waals surface area contributed by atoms with E-state index < -0.39 is 6.10 Å². The highest BCUT2D eigenvalue weighted by Gasteiger charge is 1.99. The van der Waals surface area contributed by atoms with Crippen LogP contribution >= 0.6 is 11.6 Å². The molecule has 0 bridgehead atoms. The second-order valence-corrected chi connectivity index (χ2v) is 2.51. The van der Waals surface area contributed by atoms with Crippen LogP contribution in [0.5, 0.6) is 0 Å². The van der Waals surface area contributed by atoms with Gasteiger partial charge in [0.05, 0.1) is 16.8 Å². The predicted octanol–water partition coefficient (Wildman–Crippen LogP) is 1.79. The third-order valence-electron chi connectivity index (χ3n) is 1.18. The first-order chi connectivity index (χ1) is 4.70. The lowest BCUT2D eigenvalue weighted by molar-refractivity contribution is 0.194. The largest absolute Gasteiger partial charge is 0.387 e. The van der Waals surface area contributed by atoms with Crippen LogP contribution < -0.4 is 0 Å². The molecule has 0 fully saturated rings. The first-order valence-electron chi connectivity index (χ1n) is 2.99. The summed E-state index contributed by atoms with van der Waals surface area (Å²) in [4.78, 5) is 3.90. The van der Waals surface area contributed by atoms with Gasteiger partial charge in [-0.05, 0) is 19.1 Å². The summed E-state index contributed by atoms with van der Waals surface area (Å²) in [6.07, 6.45) is 1.00. The van der Waals surface area contributed by atoms with Gasteiger partial charge in [0.2, 0.25) is 0 Å². The van der Waals surface area contributed by atoms with Crippen LogP contribution in [-0.2, 0) is 0 Å². The molecule has 10 heavy (non-hydrogen) atoms. The van der Waals surface area contributed by atoms with Crippen molar-refractivity contribution in [1.29, 1.82) is 0 Å². The summed E-state index contributed by atoms with van der Waals surface area (Å²) in [7, 11) is 0. The maximum atomic E-state index is 9.01. The lowest BCUT2D eigenvalue weighted by Crippen LogP contribution is -1.93. The van der Waals surface area contributed by atoms with E-state index in [1.54, 1.807) is 19.1 Å². The molecule has 0 spiro atoms. The van der Waals surface area contributed by atoms with Gasteiger partial charge in [-0.2, -0.15) is 0 Å². The van der Waals surface area contributed by atoms with Crippen LogP contribution in [0.2, 0.25) is 5.02 Å². The zero-order valence-corrected chi connectivity index (χ0v) is 6.34. The van der Waals surface area contributed by atoms with E-state index in [-0.39, 0.29) is 0 Å². The number of aliphatic hydroxyl groups is 1. The van der Waals surface area contributed by atoms with E-state index in [2.05, 4.69) is 4.98 Å². The maximum Gasteiger partial charge on any atom is 0.0931 e. The van der Waals surface area contributed by atoms with Crippen molar-refractivity contribution in [2.75, 3.05) is 0 Å². The van der Waals surface area contributed by atoms with Crippen molar-refractivity contribution in [2.24, 2.45) is 0 Å². The van der Waals surface area contributed by atoms with Crippen LogP contribution in [0, 0.1) is 0 Å². The summed E-state index contributed by atoms with van der Waals surface area (Å²) < 4.78 is 0. The third kappa shape index (κ3) is 1.69. The smallest absolute Gasteiger partial charge is 0.0931 e. The Morgan fingerprint density at radius 2 is 2.30 bits per heavy atom.